The molecule has 0 aromatic heterocycles. The monoisotopic (exact) mass is 945 g/mol. The van der Waals surface area contributed by atoms with E-state index in [9.17, 15) is 61.3 Å². The van der Waals surface area contributed by atoms with Crippen LogP contribution in [0.2, 0.25) is 0 Å². The van der Waals surface area contributed by atoms with Crippen molar-refractivity contribution >= 4 is 0 Å². The van der Waals surface area contributed by atoms with E-state index in [4.69, 9.17) is 28.4 Å². The number of aliphatic hydroxyl groups excluding tert-OH is 12. The Labute approximate surface area is 387 Å². The summed E-state index contributed by atoms with van der Waals surface area (Å²) < 4.78 is 36.2. The molecule has 5 aliphatic carbocycles. The maximum Gasteiger partial charge on any atom is 0.187 e. The van der Waals surface area contributed by atoms with Gasteiger partial charge in [0, 0.05) is 11.3 Å². The van der Waals surface area contributed by atoms with Crippen LogP contribution in [-0.4, -0.2) is 192 Å². The number of fused-ring (bicyclic) bond motifs is 7. The fourth-order valence-electron chi connectivity index (χ4n) is 15.2. The maximum absolute atomic E-state index is 12.5. The molecular formula is C48H80O18. The maximum atomic E-state index is 12.5. The molecule has 66 heavy (non-hydrogen) atoms. The van der Waals surface area contributed by atoms with E-state index >= 15 is 0 Å². The van der Waals surface area contributed by atoms with Crippen LogP contribution in [0.4, 0.5) is 0 Å². The fraction of sp³-hybridized carbons (Fsp3) is 0.958. The largest absolute Gasteiger partial charge is 0.396 e. The lowest BCUT2D eigenvalue weighted by molar-refractivity contribution is -0.374. The topological polar surface area (TPSA) is 298 Å². The highest BCUT2D eigenvalue weighted by Gasteiger charge is 2.72. The number of rotatable bonds is 9. The van der Waals surface area contributed by atoms with Crippen LogP contribution in [0.5, 0.6) is 0 Å². The van der Waals surface area contributed by atoms with Crippen LogP contribution < -0.4 is 0 Å². The van der Waals surface area contributed by atoms with Gasteiger partial charge in [-0.2, -0.15) is 0 Å². The lowest BCUT2D eigenvalue weighted by Crippen LogP contribution is -2.69. The molecule has 0 bridgehead atoms. The summed E-state index contributed by atoms with van der Waals surface area (Å²) in [6, 6.07) is 0. The molecule has 3 heterocycles. The average molecular weight is 945 g/mol. The molecule has 18 nitrogen and oxygen atoms in total. The number of allylic oxidation sites excluding steroid dienone is 1. The molecule has 12 N–H and O–H groups in total. The van der Waals surface area contributed by atoms with Gasteiger partial charge < -0.3 is 89.7 Å². The van der Waals surface area contributed by atoms with E-state index in [-0.39, 0.29) is 29.8 Å². The van der Waals surface area contributed by atoms with E-state index in [2.05, 4.69) is 54.5 Å². The van der Waals surface area contributed by atoms with Gasteiger partial charge in [-0.05, 0) is 97.2 Å². The van der Waals surface area contributed by atoms with Crippen LogP contribution in [0.15, 0.2) is 11.6 Å². The average Bonchev–Trinajstić information content (AvgIpc) is 3.25. The lowest BCUT2D eigenvalue weighted by atomic mass is 9.33. The highest BCUT2D eigenvalue weighted by molar-refractivity contribution is 5.37. The van der Waals surface area contributed by atoms with Gasteiger partial charge >= 0.3 is 0 Å². The van der Waals surface area contributed by atoms with Gasteiger partial charge in [-0.3, -0.25) is 0 Å². The SMILES string of the molecule is CC1OC(OC2C(COC3OC(CO)C(O)C(O)C3O)OC(OC3CCC4(C)C(CCC5(C)C4C(O)C=C4C6CC(C)(C)CCC6(CO)C(O)CC45C)C3(C)C)C(O)C2O)C(O)C(O)C1O. The molecule has 25 atom stereocenters. The summed E-state index contributed by atoms with van der Waals surface area (Å²) >= 11 is 0. The summed E-state index contributed by atoms with van der Waals surface area (Å²) in [5.74, 6) is -0.229. The highest BCUT2D eigenvalue weighted by Crippen LogP contribution is 2.76. The van der Waals surface area contributed by atoms with E-state index in [1.54, 1.807) is 0 Å². The Morgan fingerprint density at radius 2 is 1.26 bits per heavy atom. The predicted octanol–water partition coefficient (Wildman–Crippen LogP) is -0.417. The highest BCUT2D eigenvalue weighted by atomic mass is 16.8. The lowest BCUT2D eigenvalue weighted by Gasteiger charge is -2.72. The Morgan fingerprint density at radius 1 is 0.636 bits per heavy atom. The standard InChI is InChI=1S/C48H80O18/c1-21-30(53)32(55)36(59)41(62-21)66-38-26(19-61-40-35(58)33(56)31(54)25(18-49)63-40)64-42(37(60)34(38)57)65-29-10-11-45(6)27(44(29,4)5)9-12-46(7)39(45)24(51)15-22-23-16-43(2,3)13-14-48(23,20-50)28(52)17-47(22,46)8/h15,21,23-42,49-60H,9-14,16-20H2,1-8H3. The van der Waals surface area contributed by atoms with Crippen LogP contribution in [0.3, 0.4) is 0 Å². The quantitative estimate of drug-likeness (QED) is 0.103. The van der Waals surface area contributed by atoms with Gasteiger partial charge in [0.1, 0.15) is 67.1 Å². The van der Waals surface area contributed by atoms with Crippen molar-refractivity contribution in [1.82, 2.24) is 0 Å². The Morgan fingerprint density at radius 3 is 1.92 bits per heavy atom. The Hall–Kier alpha value is -0.980. The number of aliphatic hydroxyl groups is 12. The predicted molar refractivity (Wildman–Crippen MR) is 231 cm³/mol. The normalized spacial score (nSPS) is 55.7. The van der Waals surface area contributed by atoms with Crippen molar-refractivity contribution in [2.45, 2.75) is 217 Å². The molecule has 0 aromatic carbocycles. The van der Waals surface area contributed by atoms with Crippen LogP contribution in [0.25, 0.3) is 0 Å². The second-order valence-electron chi connectivity index (χ2n) is 23.8. The van der Waals surface area contributed by atoms with Gasteiger partial charge in [0.25, 0.3) is 0 Å². The third-order valence-electron chi connectivity index (χ3n) is 19.4. The first kappa shape index (κ1) is 51.4. The summed E-state index contributed by atoms with van der Waals surface area (Å²) in [6.45, 7) is 15.7. The summed E-state index contributed by atoms with van der Waals surface area (Å²) in [4.78, 5) is 0. The molecule has 8 rings (SSSR count). The first-order valence-corrected chi connectivity index (χ1v) is 24.4. The molecular weight excluding hydrogens is 865 g/mol. The Kier molecular flexibility index (Phi) is 14.0. The molecule has 0 aromatic rings. The van der Waals surface area contributed by atoms with Crippen LogP contribution in [0.1, 0.15) is 107 Å². The van der Waals surface area contributed by atoms with Crippen molar-refractivity contribution in [2.75, 3.05) is 19.8 Å². The van der Waals surface area contributed by atoms with E-state index in [1.165, 1.54) is 12.5 Å². The van der Waals surface area contributed by atoms with Gasteiger partial charge in [0.2, 0.25) is 0 Å². The Balaban J connectivity index is 1.04. The minimum absolute atomic E-state index is 0.00875. The summed E-state index contributed by atoms with van der Waals surface area (Å²) in [6.07, 6.45) is -17.7. The summed E-state index contributed by atoms with van der Waals surface area (Å²) in [5, 5.41) is 132. The molecule has 3 saturated heterocycles. The van der Waals surface area contributed by atoms with Crippen molar-refractivity contribution in [2.24, 2.45) is 50.2 Å². The van der Waals surface area contributed by atoms with E-state index in [0.29, 0.717) is 19.3 Å². The molecule has 380 valence electrons. The van der Waals surface area contributed by atoms with Gasteiger partial charge in [-0.25, -0.2) is 0 Å². The van der Waals surface area contributed by atoms with Crippen molar-refractivity contribution < 1.29 is 89.7 Å². The first-order valence-electron chi connectivity index (χ1n) is 24.4. The number of ether oxygens (including phenoxy) is 6. The molecule has 0 amide bonds. The van der Waals surface area contributed by atoms with Crippen LogP contribution in [0, 0.1) is 50.2 Å². The second kappa shape index (κ2) is 17.9. The molecule has 4 saturated carbocycles. The zero-order valence-electron chi connectivity index (χ0n) is 39.8. The van der Waals surface area contributed by atoms with Gasteiger partial charge in [-0.15, -0.1) is 0 Å². The summed E-state index contributed by atoms with van der Waals surface area (Å²) in [7, 11) is 0. The molecule has 8 aliphatic rings. The summed E-state index contributed by atoms with van der Waals surface area (Å²) in [5.41, 5.74) is -1.25. The molecule has 0 radical (unpaired) electrons. The molecule has 0 spiro atoms. The number of hydrogen-bond donors (Lipinski definition) is 12. The van der Waals surface area contributed by atoms with Crippen molar-refractivity contribution in [3.63, 3.8) is 0 Å². The van der Waals surface area contributed by atoms with Gasteiger partial charge in [0.15, 0.2) is 18.9 Å². The van der Waals surface area contributed by atoms with Crippen molar-refractivity contribution in [3.05, 3.63) is 11.6 Å². The van der Waals surface area contributed by atoms with E-state index in [0.717, 1.165) is 32.1 Å². The third-order valence-corrected chi connectivity index (χ3v) is 19.4. The molecule has 25 unspecified atom stereocenters. The fourth-order valence-corrected chi connectivity index (χ4v) is 15.2. The van der Waals surface area contributed by atoms with E-state index in [1.807, 2.05) is 0 Å². The zero-order valence-corrected chi connectivity index (χ0v) is 39.8. The minimum atomic E-state index is -1.78. The zero-order chi connectivity index (χ0) is 48.4. The number of hydrogen-bond acceptors (Lipinski definition) is 18. The van der Waals surface area contributed by atoms with Crippen molar-refractivity contribution in [1.29, 1.82) is 0 Å². The first-order chi connectivity index (χ1) is 30.7. The third kappa shape index (κ3) is 7.91. The van der Waals surface area contributed by atoms with Crippen LogP contribution in [-0.2, 0) is 28.4 Å². The van der Waals surface area contributed by atoms with Crippen molar-refractivity contribution in [3.8, 4) is 0 Å². The smallest absolute Gasteiger partial charge is 0.187 e. The minimum Gasteiger partial charge on any atom is -0.396 e. The van der Waals surface area contributed by atoms with Gasteiger partial charge in [0.05, 0.1) is 44.2 Å². The van der Waals surface area contributed by atoms with E-state index < -0.39 is 151 Å². The van der Waals surface area contributed by atoms with Crippen LogP contribution >= 0.6 is 0 Å². The second-order valence-corrected chi connectivity index (χ2v) is 23.8. The molecule has 3 aliphatic heterocycles. The Bertz CT molecular complexity index is 1760. The van der Waals surface area contributed by atoms with Gasteiger partial charge in [-0.1, -0.05) is 60.1 Å². The molecule has 18 heteroatoms. The molecule has 7 fully saturated rings.